The van der Waals surface area contributed by atoms with Gasteiger partial charge in [0.15, 0.2) is 9.84 Å². The molecule has 4 aromatic rings. The van der Waals surface area contributed by atoms with Crippen LogP contribution in [0.2, 0.25) is 0 Å². The van der Waals surface area contributed by atoms with Gasteiger partial charge in [0.1, 0.15) is 6.33 Å². The quantitative estimate of drug-likeness (QED) is 0.543. The van der Waals surface area contributed by atoms with E-state index < -0.39 is 9.84 Å². The highest BCUT2D eigenvalue weighted by atomic mass is 32.2. The Morgan fingerprint density at radius 1 is 0.846 bits per heavy atom. The summed E-state index contributed by atoms with van der Waals surface area (Å²) in [5, 5.41) is 0. The van der Waals surface area contributed by atoms with Crippen LogP contribution in [0.15, 0.2) is 78.0 Å². The first-order valence-electron chi connectivity index (χ1n) is 8.26. The van der Waals surface area contributed by atoms with Crippen LogP contribution in [0.5, 0.6) is 0 Å². The fourth-order valence-corrected chi connectivity index (χ4v) is 3.62. The fourth-order valence-electron chi connectivity index (χ4n) is 2.99. The molecule has 0 amide bonds. The molecule has 0 N–H and O–H groups in total. The lowest BCUT2D eigenvalue weighted by atomic mass is 10.0. The van der Waals surface area contributed by atoms with Gasteiger partial charge in [-0.2, -0.15) is 0 Å². The summed E-state index contributed by atoms with van der Waals surface area (Å²) in [7, 11) is -3.20. The zero-order valence-corrected chi connectivity index (χ0v) is 15.4. The van der Waals surface area contributed by atoms with Gasteiger partial charge in [0.05, 0.1) is 15.9 Å². The molecule has 0 radical (unpaired) electrons. The van der Waals surface area contributed by atoms with Gasteiger partial charge >= 0.3 is 0 Å². The fraction of sp³-hybridized carbons (Fsp3) is 0.0952. The molecule has 0 aliphatic heterocycles. The number of aryl methyl sites for hydroxylation is 1. The van der Waals surface area contributed by atoms with Crippen molar-refractivity contribution in [3.63, 3.8) is 0 Å². The molecule has 0 bridgehead atoms. The van der Waals surface area contributed by atoms with Crippen LogP contribution in [-0.4, -0.2) is 24.2 Å². The van der Waals surface area contributed by atoms with Crippen LogP contribution in [0.25, 0.3) is 27.8 Å². The largest absolute Gasteiger partial charge is 0.299 e. The minimum absolute atomic E-state index is 0.311. The van der Waals surface area contributed by atoms with Gasteiger partial charge in [0.25, 0.3) is 0 Å². The van der Waals surface area contributed by atoms with E-state index in [1.54, 1.807) is 30.6 Å². The van der Waals surface area contributed by atoms with Crippen molar-refractivity contribution in [1.82, 2.24) is 9.55 Å². The normalized spacial score (nSPS) is 11.8. The van der Waals surface area contributed by atoms with E-state index in [-0.39, 0.29) is 0 Å². The van der Waals surface area contributed by atoms with Crippen molar-refractivity contribution in [3.05, 3.63) is 78.6 Å². The van der Waals surface area contributed by atoms with Crippen molar-refractivity contribution >= 4 is 20.9 Å². The summed E-state index contributed by atoms with van der Waals surface area (Å²) in [4.78, 5) is 4.77. The van der Waals surface area contributed by atoms with Gasteiger partial charge in [-0.1, -0.05) is 35.9 Å². The summed E-state index contributed by atoms with van der Waals surface area (Å²) in [5.74, 6) is 0. The Hall–Kier alpha value is -2.92. The Labute approximate surface area is 152 Å². The minimum Gasteiger partial charge on any atom is -0.299 e. The van der Waals surface area contributed by atoms with Gasteiger partial charge in [-0.25, -0.2) is 13.4 Å². The maximum absolute atomic E-state index is 11.6. The van der Waals surface area contributed by atoms with E-state index in [0.717, 1.165) is 27.8 Å². The van der Waals surface area contributed by atoms with Crippen LogP contribution in [-0.2, 0) is 9.84 Å². The van der Waals surface area contributed by atoms with Gasteiger partial charge < -0.3 is 0 Å². The van der Waals surface area contributed by atoms with Crippen molar-refractivity contribution < 1.29 is 8.42 Å². The van der Waals surface area contributed by atoms with E-state index in [9.17, 15) is 8.42 Å². The van der Waals surface area contributed by atoms with Gasteiger partial charge in [0.2, 0.25) is 0 Å². The molecule has 0 aliphatic carbocycles. The SMILES string of the molecule is Cc1ccc(-c2ccc3ncn(-c4ccc(S(C)(=O)=O)cc4)c3c2)cc1. The highest BCUT2D eigenvalue weighted by molar-refractivity contribution is 7.90. The minimum atomic E-state index is -3.20. The summed E-state index contributed by atoms with van der Waals surface area (Å²) in [5.41, 5.74) is 6.25. The lowest BCUT2D eigenvalue weighted by Gasteiger charge is -2.07. The number of imidazole rings is 1. The number of hydrogen-bond acceptors (Lipinski definition) is 3. The molecule has 0 saturated carbocycles. The molecule has 4 rings (SSSR count). The topological polar surface area (TPSA) is 52.0 Å². The van der Waals surface area contributed by atoms with Gasteiger partial charge in [-0.15, -0.1) is 0 Å². The Balaban J connectivity index is 1.81. The van der Waals surface area contributed by atoms with Gasteiger partial charge in [0, 0.05) is 11.9 Å². The van der Waals surface area contributed by atoms with Crippen LogP contribution >= 0.6 is 0 Å². The van der Waals surface area contributed by atoms with E-state index in [0.29, 0.717) is 4.90 Å². The van der Waals surface area contributed by atoms with Crippen LogP contribution < -0.4 is 0 Å². The van der Waals surface area contributed by atoms with Crippen LogP contribution in [0.4, 0.5) is 0 Å². The third kappa shape index (κ3) is 3.02. The smallest absolute Gasteiger partial charge is 0.175 e. The maximum atomic E-state index is 11.6. The zero-order valence-electron chi connectivity index (χ0n) is 14.5. The van der Waals surface area contributed by atoms with E-state index in [2.05, 4.69) is 48.3 Å². The van der Waals surface area contributed by atoms with Crippen molar-refractivity contribution in [2.45, 2.75) is 11.8 Å². The molecule has 0 fully saturated rings. The Bertz CT molecular complexity index is 1190. The summed E-state index contributed by atoms with van der Waals surface area (Å²) >= 11 is 0. The monoisotopic (exact) mass is 362 g/mol. The first kappa shape index (κ1) is 16.5. The van der Waals surface area contributed by atoms with Crippen molar-refractivity contribution in [2.75, 3.05) is 6.26 Å². The molecule has 0 aliphatic rings. The highest BCUT2D eigenvalue weighted by Gasteiger charge is 2.10. The summed E-state index contributed by atoms with van der Waals surface area (Å²) < 4.78 is 25.3. The molecule has 0 unspecified atom stereocenters. The maximum Gasteiger partial charge on any atom is 0.175 e. The van der Waals surface area contributed by atoms with E-state index in [4.69, 9.17) is 0 Å². The molecule has 3 aromatic carbocycles. The second-order valence-electron chi connectivity index (χ2n) is 6.45. The predicted molar refractivity (Wildman–Crippen MR) is 104 cm³/mol. The summed E-state index contributed by atoms with van der Waals surface area (Å²) in [6.07, 6.45) is 2.97. The number of fused-ring (bicyclic) bond motifs is 1. The number of benzene rings is 3. The molecule has 0 spiro atoms. The molecule has 0 atom stereocenters. The first-order valence-corrected chi connectivity index (χ1v) is 10.2. The molecular weight excluding hydrogens is 344 g/mol. The lowest BCUT2D eigenvalue weighted by Crippen LogP contribution is -1.98. The van der Waals surface area contributed by atoms with E-state index >= 15 is 0 Å². The van der Waals surface area contributed by atoms with Gasteiger partial charge in [-0.05, 0) is 54.4 Å². The molecule has 4 nitrogen and oxygen atoms in total. The standard InChI is InChI=1S/C21H18N2O2S/c1-15-3-5-16(6-4-15)17-7-12-20-21(13-17)23(14-22-20)18-8-10-19(11-9-18)26(2,24)25/h3-14H,1-2H3. The van der Waals surface area contributed by atoms with Gasteiger partial charge in [-0.3, -0.25) is 4.57 Å². The molecule has 130 valence electrons. The zero-order chi connectivity index (χ0) is 18.3. The summed E-state index contributed by atoms with van der Waals surface area (Å²) in [6, 6.07) is 21.4. The third-order valence-electron chi connectivity index (χ3n) is 4.48. The van der Waals surface area contributed by atoms with Crippen LogP contribution in [0.3, 0.4) is 0 Å². The Kier molecular flexibility index (Phi) is 3.89. The average molecular weight is 362 g/mol. The van der Waals surface area contributed by atoms with Crippen molar-refractivity contribution in [1.29, 1.82) is 0 Å². The van der Waals surface area contributed by atoms with Crippen molar-refractivity contribution in [2.24, 2.45) is 0 Å². The first-order chi connectivity index (χ1) is 12.4. The Morgan fingerprint density at radius 3 is 2.15 bits per heavy atom. The molecule has 0 saturated heterocycles. The lowest BCUT2D eigenvalue weighted by molar-refractivity contribution is 0.602. The second kappa shape index (κ2) is 6.11. The predicted octanol–water partition coefficient (Wildman–Crippen LogP) is 4.40. The van der Waals surface area contributed by atoms with E-state index in [1.165, 1.54) is 11.8 Å². The number of aromatic nitrogens is 2. The number of nitrogens with zero attached hydrogens (tertiary/aromatic N) is 2. The average Bonchev–Trinajstić information content (AvgIpc) is 3.05. The molecule has 1 heterocycles. The summed E-state index contributed by atoms with van der Waals surface area (Å²) in [6.45, 7) is 2.07. The van der Waals surface area contributed by atoms with Crippen LogP contribution in [0.1, 0.15) is 5.56 Å². The van der Waals surface area contributed by atoms with Crippen molar-refractivity contribution in [3.8, 4) is 16.8 Å². The molecule has 26 heavy (non-hydrogen) atoms. The highest BCUT2D eigenvalue weighted by Crippen LogP contribution is 2.26. The molecular formula is C21H18N2O2S. The third-order valence-corrected chi connectivity index (χ3v) is 5.60. The number of rotatable bonds is 3. The van der Waals surface area contributed by atoms with Crippen LogP contribution in [0, 0.1) is 6.92 Å². The second-order valence-corrected chi connectivity index (χ2v) is 8.47. The number of sulfone groups is 1. The molecule has 5 heteroatoms. The number of hydrogen-bond donors (Lipinski definition) is 0. The van der Waals surface area contributed by atoms with E-state index in [1.807, 2.05) is 10.6 Å². The molecule has 1 aromatic heterocycles. The Morgan fingerprint density at radius 2 is 1.50 bits per heavy atom.